The number of methoxy groups -OCH3 is 1. The van der Waals surface area contributed by atoms with E-state index in [1.165, 1.54) is 12.8 Å². The molecule has 0 saturated heterocycles. The predicted molar refractivity (Wildman–Crippen MR) is 135 cm³/mol. The van der Waals surface area contributed by atoms with Gasteiger partial charge in [0, 0.05) is 37.2 Å². The molecule has 2 N–H and O–H groups in total. The number of benzene rings is 1. The summed E-state index contributed by atoms with van der Waals surface area (Å²) in [6.45, 7) is 3.09. The van der Waals surface area contributed by atoms with Gasteiger partial charge in [-0.2, -0.15) is 0 Å². The summed E-state index contributed by atoms with van der Waals surface area (Å²) in [6.07, 6.45) is 10.7. The van der Waals surface area contributed by atoms with Crippen molar-refractivity contribution in [3.05, 3.63) is 66.6 Å². The number of hydrogen-bond acceptors (Lipinski definition) is 7. The van der Waals surface area contributed by atoms with Crippen LogP contribution in [0.1, 0.15) is 44.6 Å². The van der Waals surface area contributed by atoms with Crippen molar-refractivity contribution in [2.75, 3.05) is 23.9 Å². The first-order valence-corrected chi connectivity index (χ1v) is 12.0. The van der Waals surface area contributed by atoms with E-state index in [1.54, 1.807) is 20.2 Å². The molecule has 1 atom stereocenters. The van der Waals surface area contributed by atoms with Gasteiger partial charge in [0.15, 0.2) is 11.5 Å². The molecule has 1 aliphatic rings. The monoisotopic (exact) mass is 462 g/mol. The molecule has 2 heterocycles. The molecule has 1 aromatic carbocycles. The Balaban J connectivity index is 1.61. The van der Waals surface area contributed by atoms with Gasteiger partial charge in [0.05, 0.1) is 31.2 Å². The van der Waals surface area contributed by atoms with Gasteiger partial charge in [-0.1, -0.05) is 6.07 Å². The fourth-order valence-electron chi connectivity index (χ4n) is 4.18. The van der Waals surface area contributed by atoms with E-state index >= 15 is 0 Å². The highest BCUT2D eigenvalue weighted by molar-refractivity contribution is 5.67. The predicted octanol–water partition coefficient (Wildman–Crippen LogP) is 5.33. The number of aliphatic hydroxyl groups is 1. The van der Waals surface area contributed by atoms with E-state index < -0.39 is 0 Å². The Morgan fingerprint density at radius 1 is 1.09 bits per heavy atom. The van der Waals surface area contributed by atoms with Gasteiger partial charge in [-0.25, -0.2) is 4.98 Å². The van der Waals surface area contributed by atoms with Crippen molar-refractivity contribution in [1.29, 1.82) is 0 Å². The van der Waals surface area contributed by atoms with E-state index in [0.717, 1.165) is 47.1 Å². The molecule has 3 aromatic rings. The van der Waals surface area contributed by atoms with E-state index in [9.17, 15) is 5.11 Å². The summed E-state index contributed by atoms with van der Waals surface area (Å²) in [5, 5.41) is 12.7. The highest BCUT2D eigenvalue weighted by Gasteiger charge is 2.20. The summed E-state index contributed by atoms with van der Waals surface area (Å²) < 4.78 is 11.9. The largest absolute Gasteiger partial charge is 0.493 e. The molecule has 1 aliphatic carbocycles. The molecule has 0 aliphatic heterocycles. The molecule has 0 radical (unpaired) electrons. The number of ether oxygens (including phenoxy) is 2. The van der Waals surface area contributed by atoms with Crippen LogP contribution in [-0.2, 0) is 6.54 Å². The van der Waals surface area contributed by atoms with Gasteiger partial charge < -0.3 is 24.8 Å². The van der Waals surface area contributed by atoms with Crippen LogP contribution in [0.2, 0.25) is 0 Å². The number of aliphatic hydroxyl groups excluding tert-OH is 1. The molecule has 180 valence electrons. The normalized spacial score (nSPS) is 14.6. The fourth-order valence-corrected chi connectivity index (χ4v) is 4.18. The zero-order valence-corrected chi connectivity index (χ0v) is 20.0. The quantitative estimate of drug-likeness (QED) is 0.399. The Kier molecular flexibility index (Phi) is 8.20. The third-order valence-electron chi connectivity index (χ3n) is 6.05. The van der Waals surface area contributed by atoms with Gasteiger partial charge in [0.1, 0.15) is 5.82 Å². The average molecular weight is 463 g/mol. The Bertz CT molecular complexity index is 1020. The van der Waals surface area contributed by atoms with Crippen LogP contribution in [0.5, 0.6) is 11.5 Å². The topological polar surface area (TPSA) is 79.7 Å². The third kappa shape index (κ3) is 6.38. The number of anilines is 3. The lowest BCUT2D eigenvalue weighted by atomic mass is 10.2. The summed E-state index contributed by atoms with van der Waals surface area (Å²) in [4.78, 5) is 11.1. The Morgan fingerprint density at radius 2 is 1.91 bits per heavy atom. The molecule has 1 fully saturated rings. The maximum Gasteiger partial charge on any atom is 0.163 e. The Labute approximate surface area is 201 Å². The number of aromatic nitrogens is 2. The molecular formula is C27H34N4O3. The minimum absolute atomic E-state index is 0.240. The van der Waals surface area contributed by atoms with Crippen LogP contribution >= 0.6 is 0 Å². The number of pyridine rings is 2. The van der Waals surface area contributed by atoms with Gasteiger partial charge in [-0.3, -0.25) is 4.98 Å². The third-order valence-corrected chi connectivity index (χ3v) is 6.05. The second-order valence-corrected chi connectivity index (χ2v) is 8.77. The molecule has 0 bridgehead atoms. The summed E-state index contributed by atoms with van der Waals surface area (Å²) in [5.41, 5.74) is 3.05. The number of nitrogens with one attached hydrogen (secondary N) is 1. The first-order chi connectivity index (χ1) is 16.6. The molecule has 1 saturated carbocycles. The molecule has 4 rings (SSSR count). The lowest BCUT2D eigenvalue weighted by Gasteiger charge is -2.26. The average Bonchev–Trinajstić information content (AvgIpc) is 3.37. The smallest absolute Gasteiger partial charge is 0.163 e. The second kappa shape index (κ2) is 11.7. The van der Waals surface area contributed by atoms with Crippen molar-refractivity contribution in [1.82, 2.24) is 9.97 Å². The molecular weight excluding hydrogens is 428 g/mol. The first-order valence-electron chi connectivity index (χ1n) is 12.0. The minimum Gasteiger partial charge on any atom is -0.493 e. The summed E-state index contributed by atoms with van der Waals surface area (Å²) >= 11 is 0. The zero-order valence-electron chi connectivity index (χ0n) is 20.0. The van der Waals surface area contributed by atoms with Crippen molar-refractivity contribution in [3.63, 3.8) is 0 Å². The van der Waals surface area contributed by atoms with Crippen LogP contribution < -0.4 is 19.7 Å². The van der Waals surface area contributed by atoms with Gasteiger partial charge in [-0.05, 0) is 74.9 Å². The summed E-state index contributed by atoms with van der Waals surface area (Å²) in [5.74, 6) is 2.30. The van der Waals surface area contributed by atoms with Gasteiger partial charge in [0.2, 0.25) is 0 Å². The van der Waals surface area contributed by atoms with Crippen LogP contribution in [0.3, 0.4) is 0 Å². The molecule has 2 aromatic heterocycles. The first kappa shape index (κ1) is 23.8. The highest BCUT2D eigenvalue weighted by Crippen LogP contribution is 2.37. The molecule has 7 nitrogen and oxygen atoms in total. The van der Waals surface area contributed by atoms with Crippen molar-refractivity contribution in [3.8, 4) is 11.5 Å². The van der Waals surface area contributed by atoms with Gasteiger partial charge in [-0.15, -0.1) is 0 Å². The van der Waals surface area contributed by atoms with Crippen molar-refractivity contribution >= 4 is 17.2 Å². The van der Waals surface area contributed by atoms with Crippen molar-refractivity contribution < 1.29 is 14.6 Å². The van der Waals surface area contributed by atoms with Crippen LogP contribution in [0, 0.1) is 0 Å². The van der Waals surface area contributed by atoms with Crippen LogP contribution in [0.25, 0.3) is 0 Å². The molecule has 34 heavy (non-hydrogen) atoms. The highest BCUT2D eigenvalue weighted by atomic mass is 16.5. The lowest BCUT2D eigenvalue weighted by molar-refractivity contribution is 0.188. The number of rotatable bonds is 11. The van der Waals surface area contributed by atoms with E-state index in [4.69, 9.17) is 9.47 Å². The van der Waals surface area contributed by atoms with Gasteiger partial charge in [0.25, 0.3) is 0 Å². The number of hydrogen-bond donors (Lipinski definition) is 2. The fraction of sp³-hybridized carbons (Fsp3) is 0.407. The lowest BCUT2D eigenvalue weighted by Crippen LogP contribution is -2.18. The van der Waals surface area contributed by atoms with E-state index in [0.29, 0.717) is 19.5 Å². The summed E-state index contributed by atoms with van der Waals surface area (Å²) in [7, 11) is 1.68. The van der Waals surface area contributed by atoms with E-state index in [-0.39, 0.29) is 12.2 Å². The SMILES string of the molecule is COc1ccc(N(Cc2cccnc2)c2ccc(NCCC(C)O)nc2)cc1OC1CCCC1. The van der Waals surface area contributed by atoms with Crippen molar-refractivity contribution in [2.24, 2.45) is 0 Å². The standard InChI is InChI=1S/C27H34N4O3/c1-20(32)13-15-29-27-12-10-23(18-30-27)31(19-21-6-5-14-28-17-21)22-9-11-25(33-2)26(16-22)34-24-7-3-4-8-24/h5-6,9-12,14,16-18,20,24,32H,3-4,7-8,13,15,19H2,1-2H3,(H,29,30). The Morgan fingerprint density at radius 3 is 2.59 bits per heavy atom. The van der Waals surface area contributed by atoms with E-state index in [2.05, 4.69) is 38.4 Å². The minimum atomic E-state index is -0.336. The maximum atomic E-state index is 9.47. The van der Waals surface area contributed by atoms with E-state index in [1.807, 2.05) is 36.7 Å². The van der Waals surface area contributed by atoms with Crippen LogP contribution in [0.15, 0.2) is 61.1 Å². The van der Waals surface area contributed by atoms with Crippen LogP contribution in [-0.4, -0.2) is 40.9 Å². The molecule has 0 spiro atoms. The molecule has 7 heteroatoms. The second-order valence-electron chi connectivity index (χ2n) is 8.77. The Hall–Kier alpha value is -3.32. The van der Waals surface area contributed by atoms with Crippen molar-refractivity contribution in [2.45, 2.75) is 57.8 Å². The zero-order chi connectivity index (χ0) is 23.8. The van der Waals surface area contributed by atoms with Crippen LogP contribution in [0.4, 0.5) is 17.2 Å². The van der Waals surface area contributed by atoms with Gasteiger partial charge >= 0.3 is 0 Å². The molecule has 1 unspecified atom stereocenters. The summed E-state index contributed by atoms with van der Waals surface area (Å²) in [6, 6.07) is 14.1. The number of nitrogens with zero attached hydrogens (tertiary/aromatic N) is 3. The maximum absolute atomic E-state index is 9.47. The molecule has 0 amide bonds.